The molecule has 2 aromatic heterocycles. The number of sulfonamides is 1. The molecular formula is C17H11Cl2N3O2S2. The number of fused-ring (bicyclic) bond motifs is 1. The van der Waals surface area contributed by atoms with Gasteiger partial charge in [0.05, 0.1) is 21.4 Å². The quantitative estimate of drug-likeness (QED) is 0.492. The largest absolute Gasteiger partial charge is 0.297 e. The standard InChI is InChI=1S/C17H11Cl2N3O2S2/c18-12-5-3-7-15(16(12)19)26(23,24)21-13-6-2-1-4-11(13)14-10-22-8-9-25-17(22)20-14/h1-10,21H. The van der Waals surface area contributed by atoms with Crippen LogP contribution in [0.3, 0.4) is 0 Å². The summed E-state index contributed by atoms with van der Waals surface area (Å²) in [6, 6.07) is 11.5. The molecular weight excluding hydrogens is 413 g/mol. The second-order valence-corrected chi connectivity index (χ2v) is 8.73. The van der Waals surface area contributed by atoms with Gasteiger partial charge in [-0.2, -0.15) is 0 Å². The van der Waals surface area contributed by atoms with Crippen molar-refractivity contribution in [2.24, 2.45) is 0 Å². The Hall–Kier alpha value is -2.06. The molecule has 0 saturated heterocycles. The molecule has 0 bridgehead atoms. The molecule has 0 amide bonds. The molecule has 2 aromatic carbocycles. The molecule has 0 aliphatic rings. The van der Waals surface area contributed by atoms with Crippen molar-refractivity contribution in [1.29, 1.82) is 0 Å². The van der Waals surface area contributed by atoms with E-state index in [4.69, 9.17) is 23.2 Å². The predicted octanol–water partition coefficient (Wildman–Crippen LogP) is 5.17. The van der Waals surface area contributed by atoms with E-state index in [1.165, 1.54) is 29.5 Å². The van der Waals surface area contributed by atoms with Crippen LogP contribution in [-0.4, -0.2) is 17.8 Å². The first-order valence-corrected chi connectivity index (χ1v) is 10.6. The fraction of sp³-hybridized carbons (Fsp3) is 0. The van der Waals surface area contributed by atoms with Gasteiger partial charge in [-0.15, -0.1) is 11.3 Å². The number of imidazole rings is 1. The fourth-order valence-corrected chi connectivity index (χ4v) is 5.09. The lowest BCUT2D eigenvalue weighted by Gasteiger charge is -2.13. The number of thiazole rings is 1. The second-order valence-electron chi connectivity index (χ2n) is 5.42. The van der Waals surface area contributed by atoms with Gasteiger partial charge in [0, 0.05) is 23.3 Å². The molecule has 4 aromatic rings. The van der Waals surface area contributed by atoms with Crippen molar-refractivity contribution in [3.8, 4) is 11.3 Å². The molecule has 0 saturated carbocycles. The maximum atomic E-state index is 12.8. The highest BCUT2D eigenvalue weighted by Gasteiger charge is 2.21. The number of benzene rings is 2. The molecule has 4 rings (SSSR count). The van der Waals surface area contributed by atoms with Crippen molar-refractivity contribution in [3.05, 3.63) is 70.3 Å². The number of nitrogens with zero attached hydrogens (tertiary/aromatic N) is 2. The Bertz CT molecular complexity index is 1190. The molecule has 0 aliphatic heterocycles. The van der Waals surface area contributed by atoms with E-state index >= 15 is 0 Å². The van der Waals surface area contributed by atoms with Crippen molar-refractivity contribution in [1.82, 2.24) is 9.38 Å². The first-order chi connectivity index (χ1) is 12.5. The predicted molar refractivity (Wildman–Crippen MR) is 106 cm³/mol. The zero-order chi connectivity index (χ0) is 18.3. The number of halogens is 2. The lowest BCUT2D eigenvalue weighted by Crippen LogP contribution is -2.14. The Balaban J connectivity index is 1.77. The van der Waals surface area contributed by atoms with Crippen LogP contribution in [0.15, 0.2) is 65.1 Å². The van der Waals surface area contributed by atoms with Crippen molar-refractivity contribution in [2.45, 2.75) is 4.90 Å². The van der Waals surface area contributed by atoms with E-state index in [0.29, 0.717) is 16.9 Å². The lowest BCUT2D eigenvalue weighted by molar-refractivity contribution is 0.601. The molecule has 5 nitrogen and oxygen atoms in total. The van der Waals surface area contributed by atoms with Crippen molar-refractivity contribution in [3.63, 3.8) is 0 Å². The van der Waals surface area contributed by atoms with Crippen LogP contribution in [0.4, 0.5) is 5.69 Å². The Labute approximate surface area is 163 Å². The third-order valence-corrected chi connectivity index (χ3v) is 6.86. The van der Waals surface area contributed by atoms with Crippen molar-refractivity contribution >= 4 is 55.2 Å². The first-order valence-electron chi connectivity index (χ1n) is 7.44. The van der Waals surface area contributed by atoms with Gasteiger partial charge in [0.25, 0.3) is 10.0 Å². The Morgan fingerprint density at radius 3 is 2.69 bits per heavy atom. The van der Waals surface area contributed by atoms with E-state index in [-0.39, 0.29) is 14.9 Å². The van der Waals surface area contributed by atoms with E-state index in [9.17, 15) is 8.42 Å². The summed E-state index contributed by atoms with van der Waals surface area (Å²) in [5, 5.41) is 2.10. The van der Waals surface area contributed by atoms with E-state index in [1.807, 2.05) is 34.3 Å². The van der Waals surface area contributed by atoms with Crippen LogP contribution >= 0.6 is 34.5 Å². The van der Waals surface area contributed by atoms with Crippen molar-refractivity contribution in [2.75, 3.05) is 4.72 Å². The third kappa shape index (κ3) is 3.07. The summed E-state index contributed by atoms with van der Waals surface area (Å²) < 4.78 is 30.1. The van der Waals surface area contributed by atoms with E-state index < -0.39 is 10.0 Å². The summed E-state index contributed by atoms with van der Waals surface area (Å²) >= 11 is 13.5. The molecule has 132 valence electrons. The minimum absolute atomic E-state index is 0.0124. The summed E-state index contributed by atoms with van der Waals surface area (Å²) in [7, 11) is -3.91. The van der Waals surface area contributed by atoms with Gasteiger partial charge in [0.2, 0.25) is 0 Å². The number of nitrogens with one attached hydrogen (secondary N) is 1. The summed E-state index contributed by atoms with van der Waals surface area (Å²) in [5.74, 6) is 0. The van der Waals surface area contributed by atoms with Gasteiger partial charge in [0.15, 0.2) is 4.96 Å². The Morgan fingerprint density at radius 1 is 1.08 bits per heavy atom. The van der Waals surface area contributed by atoms with Crippen LogP contribution in [0.1, 0.15) is 0 Å². The number of hydrogen-bond donors (Lipinski definition) is 1. The minimum atomic E-state index is -3.91. The number of hydrogen-bond acceptors (Lipinski definition) is 4. The van der Waals surface area contributed by atoms with E-state index in [0.717, 1.165) is 4.96 Å². The highest BCUT2D eigenvalue weighted by atomic mass is 35.5. The zero-order valence-corrected chi connectivity index (χ0v) is 16.2. The van der Waals surface area contributed by atoms with Gasteiger partial charge in [-0.1, -0.05) is 47.5 Å². The average Bonchev–Trinajstić information content (AvgIpc) is 3.19. The summed E-state index contributed by atoms with van der Waals surface area (Å²) in [6.07, 6.45) is 3.75. The monoisotopic (exact) mass is 423 g/mol. The second kappa shape index (κ2) is 6.59. The van der Waals surface area contributed by atoms with Gasteiger partial charge < -0.3 is 0 Å². The van der Waals surface area contributed by atoms with Crippen LogP contribution < -0.4 is 4.72 Å². The molecule has 0 radical (unpaired) electrons. The minimum Gasteiger partial charge on any atom is -0.297 e. The number of para-hydroxylation sites is 1. The van der Waals surface area contributed by atoms with E-state index in [1.54, 1.807) is 12.1 Å². The topological polar surface area (TPSA) is 63.5 Å². The van der Waals surface area contributed by atoms with Crippen LogP contribution in [0, 0.1) is 0 Å². The normalized spacial score (nSPS) is 11.8. The molecule has 0 fully saturated rings. The SMILES string of the molecule is O=S(=O)(Nc1ccccc1-c1cn2ccsc2n1)c1cccc(Cl)c1Cl. The van der Waals surface area contributed by atoms with Crippen LogP contribution in [0.2, 0.25) is 10.0 Å². The Morgan fingerprint density at radius 2 is 1.88 bits per heavy atom. The van der Waals surface area contributed by atoms with Crippen molar-refractivity contribution < 1.29 is 8.42 Å². The maximum Gasteiger partial charge on any atom is 0.263 e. The third-order valence-electron chi connectivity index (χ3n) is 3.75. The first kappa shape index (κ1) is 17.4. The zero-order valence-electron chi connectivity index (χ0n) is 13.1. The molecule has 0 aliphatic carbocycles. The van der Waals surface area contributed by atoms with Gasteiger partial charge >= 0.3 is 0 Å². The van der Waals surface area contributed by atoms with Crippen LogP contribution in [-0.2, 0) is 10.0 Å². The molecule has 0 spiro atoms. The lowest BCUT2D eigenvalue weighted by atomic mass is 10.1. The van der Waals surface area contributed by atoms with Gasteiger partial charge in [-0.3, -0.25) is 9.12 Å². The van der Waals surface area contributed by atoms with Crippen LogP contribution in [0.5, 0.6) is 0 Å². The van der Waals surface area contributed by atoms with Crippen LogP contribution in [0.25, 0.3) is 16.2 Å². The summed E-state index contributed by atoms with van der Waals surface area (Å²) in [6.45, 7) is 0. The van der Waals surface area contributed by atoms with E-state index in [2.05, 4.69) is 9.71 Å². The molecule has 0 unspecified atom stereocenters. The maximum absolute atomic E-state index is 12.8. The number of anilines is 1. The molecule has 1 N–H and O–H groups in total. The smallest absolute Gasteiger partial charge is 0.263 e. The summed E-state index contributed by atoms with van der Waals surface area (Å²) in [4.78, 5) is 5.29. The number of aromatic nitrogens is 2. The highest BCUT2D eigenvalue weighted by Crippen LogP contribution is 2.33. The Kier molecular flexibility index (Phi) is 4.40. The molecule has 0 atom stereocenters. The summed E-state index contributed by atoms with van der Waals surface area (Å²) in [5.41, 5.74) is 1.76. The highest BCUT2D eigenvalue weighted by molar-refractivity contribution is 7.92. The van der Waals surface area contributed by atoms with Gasteiger partial charge in [-0.05, 0) is 18.2 Å². The average molecular weight is 424 g/mol. The van der Waals surface area contributed by atoms with Gasteiger partial charge in [-0.25, -0.2) is 13.4 Å². The molecule has 2 heterocycles. The molecule has 9 heteroatoms. The number of rotatable bonds is 4. The fourth-order valence-electron chi connectivity index (χ4n) is 2.54. The van der Waals surface area contributed by atoms with Gasteiger partial charge in [0.1, 0.15) is 4.90 Å². The molecule has 26 heavy (non-hydrogen) atoms.